The van der Waals surface area contributed by atoms with Gasteiger partial charge in [0.05, 0.1) is 0 Å². The number of amides is 1. The maximum Gasteiger partial charge on any atom is 0.265 e. The smallest absolute Gasteiger partial charge is 0.265 e. The van der Waals surface area contributed by atoms with E-state index in [9.17, 15) is 4.79 Å². The van der Waals surface area contributed by atoms with Crippen LogP contribution < -0.4 is 14.8 Å². The molecule has 0 aliphatic carbocycles. The van der Waals surface area contributed by atoms with E-state index in [-0.39, 0.29) is 5.91 Å². The van der Waals surface area contributed by atoms with Gasteiger partial charge in [0.1, 0.15) is 24.4 Å². The summed E-state index contributed by atoms with van der Waals surface area (Å²) < 4.78 is 12.8. The number of hydrogen-bond donors (Lipinski definition) is 1. The van der Waals surface area contributed by atoms with Gasteiger partial charge in [-0.1, -0.05) is 11.8 Å². The Morgan fingerprint density at radius 3 is 3.19 bits per heavy atom. The molecule has 0 saturated heterocycles. The first-order valence-corrected chi connectivity index (χ1v) is 8.24. The van der Waals surface area contributed by atoms with E-state index in [2.05, 4.69) is 15.5 Å². The summed E-state index contributed by atoms with van der Waals surface area (Å²) in [5.74, 6) is 1.81. The average molecular weight is 326 g/mol. The maximum atomic E-state index is 12.1. The fraction of sp³-hybridized carbons (Fsp3) is 0.417. The van der Waals surface area contributed by atoms with Crippen LogP contribution in [0.25, 0.3) is 0 Å². The van der Waals surface area contributed by atoms with Crippen molar-refractivity contribution in [2.24, 2.45) is 7.05 Å². The Kier molecular flexibility index (Phi) is 4.30. The number of thioether (sulfide) groups is 1. The molecule has 3 rings (SSSR count). The number of nitrogens with zero attached hydrogens (tertiary/aromatic N) is 3. The summed E-state index contributed by atoms with van der Waals surface area (Å²) in [6, 6.07) is 0. The second kappa shape index (κ2) is 6.35. The fourth-order valence-electron chi connectivity index (χ4n) is 1.81. The number of aromatic nitrogens is 3. The Balaban J connectivity index is 1.50. The van der Waals surface area contributed by atoms with Crippen molar-refractivity contribution in [3.05, 3.63) is 16.6 Å². The lowest BCUT2D eigenvalue weighted by atomic mass is 10.3. The first kappa shape index (κ1) is 14.2. The van der Waals surface area contributed by atoms with Gasteiger partial charge in [-0.05, 0) is 0 Å². The molecular weight excluding hydrogens is 312 g/mol. The molecule has 21 heavy (non-hydrogen) atoms. The van der Waals surface area contributed by atoms with E-state index in [0.717, 1.165) is 10.9 Å². The first-order valence-electron chi connectivity index (χ1n) is 6.38. The summed E-state index contributed by atoms with van der Waals surface area (Å²) in [4.78, 5) is 12.7. The number of ether oxygens (including phenoxy) is 2. The second-order valence-corrected chi connectivity index (χ2v) is 6.23. The summed E-state index contributed by atoms with van der Waals surface area (Å²) >= 11 is 2.88. The molecule has 2 aromatic rings. The Morgan fingerprint density at radius 2 is 2.38 bits per heavy atom. The summed E-state index contributed by atoms with van der Waals surface area (Å²) in [5.41, 5.74) is 0. The Hall–Kier alpha value is -1.74. The molecule has 0 saturated carbocycles. The molecule has 0 bridgehead atoms. The number of rotatable bonds is 5. The monoisotopic (exact) mass is 326 g/mol. The van der Waals surface area contributed by atoms with Crippen molar-refractivity contribution in [1.29, 1.82) is 0 Å². The number of fused-ring (bicyclic) bond motifs is 1. The van der Waals surface area contributed by atoms with Gasteiger partial charge >= 0.3 is 0 Å². The average Bonchev–Trinajstić information content (AvgIpc) is 3.10. The second-order valence-electron chi connectivity index (χ2n) is 4.28. The molecule has 0 atom stereocenters. The molecule has 0 fully saturated rings. The minimum absolute atomic E-state index is 0.134. The summed E-state index contributed by atoms with van der Waals surface area (Å²) in [5, 5.41) is 13.3. The van der Waals surface area contributed by atoms with Gasteiger partial charge in [-0.3, -0.25) is 4.79 Å². The minimum atomic E-state index is -0.134. The molecular formula is C12H14N4O3S2. The van der Waals surface area contributed by atoms with Gasteiger partial charge in [-0.25, -0.2) is 0 Å². The van der Waals surface area contributed by atoms with E-state index in [0.29, 0.717) is 36.1 Å². The quantitative estimate of drug-likeness (QED) is 0.656. The van der Waals surface area contributed by atoms with E-state index in [1.807, 2.05) is 11.6 Å². The topological polar surface area (TPSA) is 78.3 Å². The van der Waals surface area contributed by atoms with Gasteiger partial charge in [0, 0.05) is 24.7 Å². The van der Waals surface area contributed by atoms with Crippen molar-refractivity contribution in [1.82, 2.24) is 20.1 Å². The Labute approximate surface area is 129 Å². The highest BCUT2D eigenvalue weighted by atomic mass is 32.2. The standard InChI is InChI=1S/C12H14N4O3S2/c1-16-7-14-15-12(16)20-5-2-13-11(17)10-9-8(6-21-10)18-3-4-19-9/h6-7H,2-5H2,1H3,(H,13,17). The summed E-state index contributed by atoms with van der Waals surface area (Å²) in [7, 11) is 1.89. The fourth-order valence-corrected chi connectivity index (χ4v) is 3.40. The highest BCUT2D eigenvalue weighted by molar-refractivity contribution is 7.99. The lowest BCUT2D eigenvalue weighted by Crippen LogP contribution is -2.26. The molecule has 1 N–H and O–H groups in total. The molecule has 2 aromatic heterocycles. The zero-order valence-corrected chi connectivity index (χ0v) is 13.0. The van der Waals surface area contributed by atoms with Crippen LogP contribution in [0.5, 0.6) is 11.5 Å². The van der Waals surface area contributed by atoms with Crippen molar-refractivity contribution in [3.63, 3.8) is 0 Å². The number of nitrogens with one attached hydrogen (secondary N) is 1. The molecule has 7 nitrogen and oxygen atoms in total. The molecule has 1 aliphatic heterocycles. The number of aryl methyl sites for hydroxylation is 1. The zero-order chi connectivity index (χ0) is 14.7. The van der Waals surface area contributed by atoms with Gasteiger partial charge in [0.25, 0.3) is 5.91 Å². The third-order valence-corrected chi connectivity index (χ3v) is 4.77. The summed E-state index contributed by atoms with van der Waals surface area (Å²) in [6.45, 7) is 1.55. The van der Waals surface area contributed by atoms with E-state index >= 15 is 0 Å². The van der Waals surface area contributed by atoms with E-state index in [1.165, 1.54) is 11.3 Å². The Morgan fingerprint density at radius 1 is 1.52 bits per heavy atom. The van der Waals surface area contributed by atoms with Gasteiger partial charge < -0.3 is 19.4 Å². The molecule has 1 aliphatic rings. The van der Waals surface area contributed by atoms with Crippen LogP contribution in [-0.4, -0.2) is 46.2 Å². The highest BCUT2D eigenvalue weighted by Crippen LogP contribution is 2.39. The molecule has 9 heteroatoms. The predicted octanol–water partition coefficient (Wildman–Crippen LogP) is 1.17. The molecule has 3 heterocycles. The van der Waals surface area contributed by atoms with Crippen molar-refractivity contribution < 1.29 is 14.3 Å². The number of thiophene rings is 1. The molecule has 0 aromatic carbocycles. The molecule has 0 spiro atoms. The zero-order valence-electron chi connectivity index (χ0n) is 11.4. The van der Waals surface area contributed by atoms with E-state index in [1.54, 1.807) is 23.5 Å². The van der Waals surface area contributed by atoms with Crippen molar-refractivity contribution in [2.45, 2.75) is 5.16 Å². The van der Waals surface area contributed by atoms with Crippen LogP contribution in [-0.2, 0) is 7.05 Å². The van der Waals surface area contributed by atoms with Gasteiger partial charge in [-0.15, -0.1) is 21.5 Å². The SMILES string of the molecule is Cn1cnnc1SCCNC(=O)c1scc2c1OCCO2. The largest absolute Gasteiger partial charge is 0.485 e. The van der Waals surface area contributed by atoms with Crippen molar-refractivity contribution in [3.8, 4) is 11.5 Å². The van der Waals surface area contributed by atoms with Crippen LogP contribution in [0, 0.1) is 0 Å². The third-order valence-electron chi connectivity index (χ3n) is 2.80. The molecule has 1 amide bonds. The van der Waals surface area contributed by atoms with Gasteiger partial charge in [0.15, 0.2) is 16.7 Å². The molecule has 0 unspecified atom stereocenters. The minimum Gasteiger partial charge on any atom is -0.485 e. The predicted molar refractivity (Wildman–Crippen MR) is 79.4 cm³/mol. The molecule has 112 valence electrons. The lowest BCUT2D eigenvalue weighted by Gasteiger charge is -2.15. The third kappa shape index (κ3) is 3.13. The van der Waals surface area contributed by atoms with E-state index in [4.69, 9.17) is 9.47 Å². The van der Waals surface area contributed by atoms with Gasteiger partial charge in [0.2, 0.25) is 0 Å². The van der Waals surface area contributed by atoms with Crippen molar-refractivity contribution >= 4 is 29.0 Å². The Bertz CT molecular complexity index is 640. The maximum absolute atomic E-state index is 12.1. The normalized spacial score (nSPS) is 13.2. The van der Waals surface area contributed by atoms with Crippen LogP contribution >= 0.6 is 23.1 Å². The van der Waals surface area contributed by atoms with E-state index < -0.39 is 0 Å². The number of hydrogen-bond acceptors (Lipinski definition) is 7. The van der Waals surface area contributed by atoms with Crippen LogP contribution in [0.1, 0.15) is 9.67 Å². The number of carbonyl (C=O) groups is 1. The van der Waals surface area contributed by atoms with Gasteiger partial charge in [-0.2, -0.15) is 0 Å². The molecule has 0 radical (unpaired) electrons. The van der Waals surface area contributed by atoms with Crippen LogP contribution in [0.3, 0.4) is 0 Å². The highest BCUT2D eigenvalue weighted by Gasteiger charge is 2.23. The lowest BCUT2D eigenvalue weighted by molar-refractivity contribution is 0.0951. The van der Waals surface area contributed by atoms with Crippen molar-refractivity contribution in [2.75, 3.05) is 25.5 Å². The number of carbonyl (C=O) groups excluding carboxylic acids is 1. The summed E-state index contributed by atoms with van der Waals surface area (Å²) in [6.07, 6.45) is 1.65. The first-order chi connectivity index (χ1) is 10.3. The van der Waals surface area contributed by atoms with Crippen LogP contribution in [0.4, 0.5) is 0 Å². The van der Waals surface area contributed by atoms with Crippen LogP contribution in [0.2, 0.25) is 0 Å². The van der Waals surface area contributed by atoms with Crippen LogP contribution in [0.15, 0.2) is 16.9 Å².